The Kier molecular flexibility index (Phi) is 3.85. The van der Waals surface area contributed by atoms with Gasteiger partial charge in [0.25, 0.3) is 0 Å². The van der Waals surface area contributed by atoms with Crippen LogP contribution in [0.2, 0.25) is 0 Å². The zero-order valence-electron chi connectivity index (χ0n) is 8.16. The number of ether oxygens (including phenoxy) is 2. The Labute approximate surface area is 82.1 Å². The highest BCUT2D eigenvalue weighted by Gasteiger charge is 2.10. The topological polar surface area (TPSA) is 38.7 Å². The first-order valence-corrected chi connectivity index (χ1v) is 4.19. The summed E-state index contributed by atoms with van der Waals surface area (Å²) >= 11 is 0. The molecule has 0 radical (unpaired) electrons. The molecule has 0 saturated carbocycles. The molecule has 0 bridgehead atoms. The highest BCUT2D eigenvalue weighted by molar-refractivity contribution is 5.30. The second-order valence-corrected chi connectivity index (χ2v) is 2.87. The van der Waals surface area contributed by atoms with E-state index in [0.29, 0.717) is 5.56 Å². The lowest BCUT2D eigenvalue weighted by atomic mass is 10.1. The summed E-state index contributed by atoms with van der Waals surface area (Å²) in [6.07, 6.45) is -0.805. The molecule has 1 aromatic carbocycles. The van der Waals surface area contributed by atoms with Crippen LogP contribution in [0.1, 0.15) is 11.7 Å². The van der Waals surface area contributed by atoms with Crippen molar-refractivity contribution in [1.29, 1.82) is 0 Å². The van der Waals surface area contributed by atoms with E-state index in [1.807, 2.05) is 0 Å². The van der Waals surface area contributed by atoms with Gasteiger partial charge in [-0.15, -0.1) is 0 Å². The molecule has 4 heteroatoms. The number of rotatable bonds is 4. The Bertz CT molecular complexity index is 301. The van der Waals surface area contributed by atoms with Crippen LogP contribution in [0.25, 0.3) is 0 Å². The Hall–Kier alpha value is -1.13. The summed E-state index contributed by atoms with van der Waals surface area (Å²) in [6.45, 7) is 0.145. The lowest BCUT2D eigenvalue weighted by Gasteiger charge is -2.10. The van der Waals surface area contributed by atoms with Gasteiger partial charge in [0.2, 0.25) is 0 Å². The largest absolute Gasteiger partial charge is 0.494 e. The van der Waals surface area contributed by atoms with Gasteiger partial charge < -0.3 is 14.6 Å². The summed E-state index contributed by atoms with van der Waals surface area (Å²) < 4.78 is 22.7. The normalized spacial score (nSPS) is 12.6. The van der Waals surface area contributed by atoms with E-state index >= 15 is 0 Å². The van der Waals surface area contributed by atoms with Crippen molar-refractivity contribution >= 4 is 0 Å². The van der Waals surface area contributed by atoms with Crippen LogP contribution in [0.4, 0.5) is 4.39 Å². The fourth-order valence-electron chi connectivity index (χ4n) is 1.14. The predicted octanol–water partition coefficient (Wildman–Crippen LogP) is 1.51. The highest BCUT2D eigenvalue weighted by atomic mass is 19.1. The number of halogens is 1. The highest BCUT2D eigenvalue weighted by Crippen LogP contribution is 2.21. The van der Waals surface area contributed by atoms with Crippen LogP contribution in [-0.4, -0.2) is 25.9 Å². The smallest absolute Gasteiger partial charge is 0.165 e. The molecule has 0 aromatic heterocycles. The van der Waals surface area contributed by atoms with Gasteiger partial charge in [-0.05, 0) is 17.7 Å². The minimum absolute atomic E-state index is 0.145. The molecule has 1 unspecified atom stereocenters. The summed E-state index contributed by atoms with van der Waals surface area (Å²) in [6, 6.07) is 4.32. The molecule has 1 atom stereocenters. The van der Waals surface area contributed by atoms with Gasteiger partial charge in [-0.3, -0.25) is 0 Å². The van der Waals surface area contributed by atoms with Crippen molar-refractivity contribution in [1.82, 2.24) is 0 Å². The lowest BCUT2D eigenvalue weighted by molar-refractivity contribution is 0.0641. The molecule has 1 aromatic rings. The summed E-state index contributed by atoms with van der Waals surface area (Å²) in [5, 5.41) is 9.48. The Balaban J connectivity index is 2.85. The molecule has 0 spiro atoms. The first kappa shape index (κ1) is 10.9. The lowest BCUT2D eigenvalue weighted by Crippen LogP contribution is -2.05. The summed E-state index contributed by atoms with van der Waals surface area (Å²) in [7, 11) is 2.87. The van der Waals surface area contributed by atoms with Crippen LogP contribution in [0.3, 0.4) is 0 Å². The minimum Gasteiger partial charge on any atom is -0.494 e. The van der Waals surface area contributed by atoms with Crippen LogP contribution in [0.5, 0.6) is 5.75 Å². The van der Waals surface area contributed by atoms with Crippen LogP contribution in [-0.2, 0) is 4.74 Å². The van der Waals surface area contributed by atoms with E-state index in [2.05, 4.69) is 0 Å². The average Bonchev–Trinajstić information content (AvgIpc) is 2.18. The van der Waals surface area contributed by atoms with Crippen LogP contribution >= 0.6 is 0 Å². The van der Waals surface area contributed by atoms with Crippen molar-refractivity contribution < 1.29 is 19.0 Å². The van der Waals surface area contributed by atoms with Gasteiger partial charge in [0.05, 0.1) is 13.7 Å². The van der Waals surface area contributed by atoms with Gasteiger partial charge in [-0.2, -0.15) is 0 Å². The van der Waals surface area contributed by atoms with Crippen LogP contribution < -0.4 is 4.74 Å². The number of hydrogen-bond donors (Lipinski definition) is 1. The van der Waals surface area contributed by atoms with Crippen molar-refractivity contribution in [2.24, 2.45) is 0 Å². The first-order valence-electron chi connectivity index (χ1n) is 4.19. The molecule has 0 saturated heterocycles. The van der Waals surface area contributed by atoms with Gasteiger partial charge in [0.15, 0.2) is 11.6 Å². The molecule has 14 heavy (non-hydrogen) atoms. The molecule has 0 aliphatic heterocycles. The maximum absolute atomic E-state index is 13.2. The van der Waals surface area contributed by atoms with Gasteiger partial charge in [-0.1, -0.05) is 6.07 Å². The van der Waals surface area contributed by atoms with Gasteiger partial charge >= 0.3 is 0 Å². The molecule has 0 amide bonds. The SMILES string of the molecule is COCC(O)c1ccc(OC)c(F)c1. The van der Waals surface area contributed by atoms with Crippen molar-refractivity contribution in [3.05, 3.63) is 29.6 Å². The van der Waals surface area contributed by atoms with Gasteiger partial charge in [-0.25, -0.2) is 4.39 Å². The van der Waals surface area contributed by atoms with Gasteiger partial charge in [0, 0.05) is 7.11 Å². The second-order valence-electron chi connectivity index (χ2n) is 2.87. The molecule has 0 heterocycles. The van der Waals surface area contributed by atoms with Crippen LogP contribution in [0, 0.1) is 5.82 Å². The maximum Gasteiger partial charge on any atom is 0.165 e. The standard InChI is InChI=1S/C10H13FO3/c1-13-6-9(12)7-3-4-10(14-2)8(11)5-7/h3-5,9,12H,6H2,1-2H3. The van der Waals surface area contributed by atoms with Crippen LogP contribution in [0.15, 0.2) is 18.2 Å². The molecular formula is C10H13FO3. The van der Waals surface area contributed by atoms with Crippen molar-refractivity contribution in [3.63, 3.8) is 0 Å². The number of aliphatic hydroxyl groups excluding tert-OH is 1. The molecule has 0 aliphatic carbocycles. The molecule has 0 fully saturated rings. The number of benzene rings is 1. The fourth-order valence-corrected chi connectivity index (χ4v) is 1.14. The summed E-state index contributed by atoms with van der Waals surface area (Å²) in [5.41, 5.74) is 0.477. The van der Waals surface area contributed by atoms with Gasteiger partial charge in [0.1, 0.15) is 6.10 Å². The monoisotopic (exact) mass is 200 g/mol. The molecule has 1 rings (SSSR count). The number of hydrogen-bond acceptors (Lipinski definition) is 3. The van der Waals surface area contributed by atoms with E-state index in [1.54, 1.807) is 6.07 Å². The molecule has 78 valence electrons. The van der Waals surface area contributed by atoms with E-state index < -0.39 is 11.9 Å². The quantitative estimate of drug-likeness (QED) is 0.800. The minimum atomic E-state index is -0.805. The third-order valence-electron chi connectivity index (χ3n) is 1.89. The summed E-state index contributed by atoms with van der Waals surface area (Å²) in [5.74, 6) is -0.321. The average molecular weight is 200 g/mol. The number of methoxy groups -OCH3 is 2. The third kappa shape index (κ3) is 2.43. The number of aliphatic hydroxyl groups is 1. The predicted molar refractivity (Wildman–Crippen MR) is 49.8 cm³/mol. The van der Waals surface area contributed by atoms with E-state index in [4.69, 9.17) is 9.47 Å². The van der Waals surface area contributed by atoms with E-state index in [9.17, 15) is 9.50 Å². The zero-order valence-corrected chi connectivity index (χ0v) is 8.16. The molecular weight excluding hydrogens is 187 g/mol. The second kappa shape index (κ2) is 4.93. The zero-order chi connectivity index (χ0) is 10.6. The third-order valence-corrected chi connectivity index (χ3v) is 1.89. The van der Waals surface area contributed by atoms with E-state index in [1.165, 1.54) is 26.4 Å². The Morgan fingerprint density at radius 2 is 2.14 bits per heavy atom. The van der Waals surface area contributed by atoms with Crippen molar-refractivity contribution in [2.45, 2.75) is 6.10 Å². The molecule has 1 N–H and O–H groups in total. The summed E-state index contributed by atoms with van der Waals surface area (Å²) in [4.78, 5) is 0. The van der Waals surface area contributed by atoms with E-state index in [0.717, 1.165) is 0 Å². The maximum atomic E-state index is 13.2. The molecule has 0 aliphatic rings. The first-order chi connectivity index (χ1) is 6.69. The van der Waals surface area contributed by atoms with Crippen molar-refractivity contribution in [2.75, 3.05) is 20.8 Å². The fraction of sp³-hybridized carbons (Fsp3) is 0.400. The Morgan fingerprint density at radius 3 is 2.64 bits per heavy atom. The molecule has 3 nitrogen and oxygen atoms in total. The van der Waals surface area contributed by atoms with E-state index in [-0.39, 0.29) is 12.4 Å². The Morgan fingerprint density at radius 1 is 1.43 bits per heavy atom. The van der Waals surface area contributed by atoms with Crippen molar-refractivity contribution in [3.8, 4) is 5.75 Å².